The Labute approximate surface area is 134 Å². The zero-order valence-corrected chi connectivity index (χ0v) is 14.7. The number of nitro groups is 1. The molecule has 0 N–H and O–H groups in total. The smallest absolute Gasteiger partial charge is 0.271 e. The minimum atomic E-state index is -0.441. The van der Waals surface area contributed by atoms with E-state index in [1.54, 1.807) is 0 Å². The van der Waals surface area contributed by atoms with Crippen molar-refractivity contribution < 1.29 is 9.66 Å². The molecule has 0 aromatic heterocycles. The summed E-state index contributed by atoms with van der Waals surface area (Å²) in [4.78, 5) is 10.3. The van der Waals surface area contributed by atoms with E-state index in [9.17, 15) is 10.1 Å². The van der Waals surface area contributed by atoms with Crippen molar-refractivity contribution in [3.8, 4) is 5.75 Å². The normalized spacial score (nSPS) is 12.5. The SMILES string of the molecule is CC(C)C(CS)COc1c(Br)cc([N+](=O)[O-])cc1Br. The van der Waals surface area contributed by atoms with Crippen LogP contribution in [0.1, 0.15) is 13.8 Å². The highest BCUT2D eigenvalue weighted by molar-refractivity contribution is 9.11. The average molecular weight is 413 g/mol. The van der Waals surface area contributed by atoms with Gasteiger partial charge in [0.2, 0.25) is 0 Å². The lowest BCUT2D eigenvalue weighted by molar-refractivity contribution is -0.385. The van der Waals surface area contributed by atoms with Crippen molar-refractivity contribution in [2.75, 3.05) is 12.4 Å². The summed E-state index contributed by atoms with van der Waals surface area (Å²) < 4.78 is 6.88. The van der Waals surface area contributed by atoms with Crippen LogP contribution in [0.4, 0.5) is 5.69 Å². The molecule has 0 bridgehead atoms. The summed E-state index contributed by atoms with van der Waals surface area (Å²) in [5, 5.41) is 10.7. The van der Waals surface area contributed by atoms with Gasteiger partial charge in [-0.1, -0.05) is 13.8 Å². The van der Waals surface area contributed by atoms with Crippen LogP contribution in [0.25, 0.3) is 0 Å². The molecule has 0 aliphatic carbocycles. The van der Waals surface area contributed by atoms with Crippen LogP contribution < -0.4 is 4.74 Å². The Morgan fingerprint density at radius 1 is 1.37 bits per heavy atom. The number of non-ortho nitro benzene ring substituents is 1. The summed E-state index contributed by atoms with van der Waals surface area (Å²) in [6.07, 6.45) is 0. The largest absolute Gasteiger partial charge is 0.491 e. The first-order valence-corrected chi connectivity index (χ1v) is 7.95. The summed E-state index contributed by atoms with van der Waals surface area (Å²) in [7, 11) is 0. The number of rotatable bonds is 6. The number of nitrogens with zero attached hydrogens (tertiary/aromatic N) is 1. The van der Waals surface area contributed by atoms with Crippen molar-refractivity contribution in [3.05, 3.63) is 31.2 Å². The van der Waals surface area contributed by atoms with E-state index in [4.69, 9.17) is 4.74 Å². The highest BCUT2D eigenvalue weighted by Gasteiger charge is 2.18. The third kappa shape index (κ3) is 4.65. The molecule has 1 atom stereocenters. The molecule has 19 heavy (non-hydrogen) atoms. The van der Waals surface area contributed by atoms with Crippen LogP contribution in [0.5, 0.6) is 5.75 Å². The van der Waals surface area contributed by atoms with Crippen LogP contribution >= 0.6 is 44.5 Å². The standard InChI is InChI=1S/C12H15Br2NO3S/c1-7(2)8(6-19)5-18-12-10(13)3-9(15(16)17)4-11(12)14/h3-4,7-8,19H,5-6H2,1-2H3. The van der Waals surface area contributed by atoms with Crippen molar-refractivity contribution in [1.82, 2.24) is 0 Å². The fourth-order valence-corrected chi connectivity index (χ4v) is 3.35. The van der Waals surface area contributed by atoms with Crippen LogP contribution in [0.2, 0.25) is 0 Å². The van der Waals surface area contributed by atoms with E-state index in [-0.39, 0.29) is 5.69 Å². The first kappa shape index (κ1) is 16.8. The van der Waals surface area contributed by atoms with Gasteiger partial charge < -0.3 is 4.74 Å². The molecule has 106 valence electrons. The Kier molecular flexibility index (Phi) is 6.62. The molecular weight excluding hydrogens is 398 g/mol. The second-order valence-corrected chi connectivity index (χ2v) is 6.57. The average Bonchev–Trinajstić information content (AvgIpc) is 2.31. The van der Waals surface area contributed by atoms with Crippen molar-refractivity contribution in [3.63, 3.8) is 0 Å². The molecule has 0 saturated carbocycles. The van der Waals surface area contributed by atoms with Crippen LogP contribution in [-0.2, 0) is 0 Å². The summed E-state index contributed by atoms with van der Waals surface area (Å²) in [5.41, 5.74) is 0.0145. The molecule has 0 fully saturated rings. The summed E-state index contributed by atoms with van der Waals surface area (Å²) in [5.74, 6) is 2.11. The Balaban J connectivity index is 2.87. The fraction of sp³-hybridized carbons (Fsp3) is 0.500. The van der Waals surface area contributed by atoms with E-state index in [0.717, 1.165) is 5.75 Å². The molecule has 0 aliphatic heterocycles. The van der Waals surface area contributed by atoms with Gasteiger partial charge in [0.25, 0.3) is 5.69 Å². The van der Waals surface area contributed by atoms with Crippen LogP contribution in [0.3, 0.4) is 0 Å². The quantitative estimate of drug-likeness (QED) is 0.418. The topological polar surface area (TPSA) is 52.4 Å². The van der Waals surface area contributed by atoms with Crippen molar-refractivity contribution in [2.45, 2.75) is 13.8 Å². The molecule has 0 saturated heterocycles. The Bertz CT molecular complexity index is 445. The number of hydrogen-bond acceptors (Lipinski definition) is 4. The van der Waals surface area contributed by atoms with Crippen LogP contribution in [0, 0.1) is 22.0 Å². The number of hydrogen-bond donors (Lipinski definition) is 1. The van der Waals surface area contributed by atoms with Gasteiger partial charge in [-0.2, -0.15) is 12.6 Å². The molecule has 7 heteroatoms. The summed E-state index contributed by atoms with van der Waals surface area (Å²) in [6.45, 7) is 4.75. The molecule has 0 heterocycles. The molecular formula is C12H15Br2NO3S. The molecule has 0 spiro atoms. The third-order valence-electron chi connectivity index (χ3n) is 2.81. The van der Waals surface area contributed by atoms with E-state index >= 15 is 0 Å². The predicted molar refractivity (Wildman–Crippen MR) is 86.2 cm³/mol. The van der Waals surface area contributed by atoms with E-state index in [1.165, 1.54) is 12.1 Å². The second kappa shape index (κ2) is 7.50. The zero-order valence-electron chi connectivity index (χ0n) is 10.6. The van der Waals surface area contributed by atoms with Gasteiger partial charge in [0.15, 0.2) is 0 Å². The third-order valence-corrected chi connectivity index (χ3v) is 4.46. The fourth-order valence-electron chi connectivity index (χ4n) is 1.44. The predicted octanol–water partition coefficient (Wildman–Crippen LogP) is 4.70. The van der Waals surface area contributed by atoms with Crippen molar-refractivity contribution >= 4 is 50.2 Å². The number of halogens is 2. The van der Waals surface area contributed by atoms with Crippen LogP contribution in [0.15, 0.2) is 21.1 Å². The first-order chi connectivity index (χ1) is 8.86. The molecule has 4 nitrogen and oxygen atoms in total. The Morgan fingerprint density at radius 2 is 1.89 bits per heavy atom. The van der Waals surface area contributed by atoms with Crippen LogP contribution in [-0.4, -0.2) is 17.3 Å². The van der Waals surface area contributed by atoms with Gasteiger partial charge in [0, 0.05) is 18.1 Å². The lowest BCUT2D eigenvalue weighted by atomic mass is 9.99. The van der Waals surface area contributed by atoms with E-state index < -0.39 is 4.92 Å². The summed E-state index contributed by atoms with van der Waals surface area (Å²) >= 11 is 10.9. The zero-order chi connectivity index (χ0) is 14.6. The van der Waals surface area contributed by atoms with Gasteiger partial charge in [-0.15, -0.1) is 0 Å². The molecule has 1 unspecified atom stereocenters. The van der Waals surface area contributed by atoms with E-state index in [2.05, 4.69) is 58.3 Å². The Hall–Kier alpha value is -0.270. The molecule has 0 aliphatic rings. The minimum absolute atomic E-state index is 0.0145. The second-order valence-electron chi connectivity index (χ2n) is 4.49. The van der Waals surface area contributed by atoms with Gasteiger partial charge in [-0.05, 0) is 43.5 Å². The lowest BCUT2D eigenvalue weighted by Crippen LogP contribution is -2.19. The highest BCUT2D eigenvalue weighted by Crippen LogP contribution is 2.37. The van der Waals surface area contributed by atoms with Gasteiger partial charge in [-0.25, -0.2) is 0 Å². The van der Waals surface area contributed by atoms with Gasteiger partial charge in [0.1, 0.15) is 5.75 Å². The molecule has 1 aromatic rings. The minimum Gasteiger partial charge on any atom is -0.491 e. The maximum atomic E-state index is 10.7. The molecule has 0 radical (unpaired) electrons. The monoisotopic (exact) mass is 411 g/mol. The maximum Gasteiger partial charge on any atom is 0.271 e. The Morgan fingerprint density at radius 3 is 2.26 bits per heavy atom. The lowest BCUT2D eigenvalue weighted by Gasteiger charge is -2.20. The van der Waals surface area contributed by atoms with Gasteiger partial charge in [0.05, 0.1) is 20.5 Å². The number of benzene rings is 1. The molecule has 1 aromatic carbocycles. The number of ether oxygens (including phenoxy) is 1. The van der Waals surface area contributed by atoms with Crippen molar-refractivity contribution in [1.29, 1.82) is 0 Å². The number of thiol groups is 1. The van der Waals surface area contributed by atoms with E-state index in [1.807, 2.05) is 0 Å². The molecule has 0 amide bonds. The summed E-state index contributed by atoms with van der Waals surface area (Å²) in [6, 6.07) is 2.87. The maximum absolute atomic E-state index is 10.7. The van der Waals surface area contributed by atoms with Gasteiger partial charge >= 0.3 is 0 Å². The van der Waals surface area contributed by atoms with E-state index in [0.29, 0.717) is 33.1 Å². The first-order valence-electron chi connectivity index (χ1n) is 5.73. The molecule has 1 rings (SSSR count). The highest BCUT2D eigenvalue weighted by atomic mass is 79.9. The number of nitro benzene ring substituents is 1. The van der Waals surface area contributed by atoms with Gasteiger partial charge in [-0.3, -0.25) is 10.1 Å². The van der Waals surface area contributed by atoms with Crippen molar-refractivity contribution in [2.24, 2.45) is 11.8 Å².